The number of methoxy groups -OCH3 is 1. The van der Waals surface area contributed by atoms with Crippen LogP contribution < -0.4 is 4.74 Å². The van der Waals surface area contributed by atoms with Crippen LogP contribution in [0.4, 0.5) is 0 Å². The van der Waals surface area contributed by atoms with Crippen LogP contribution in [0.3, 0.4) is 0 Å². The zero-order chi connectivity index (χ0) is 11.1. The fraction of sp³-hybridized carbons (Fsp3) is 0.0769. The first kappa shape index (κ1) is 9.55. The number of halogens is 1. The van der Waals surface area contributed by atoms with Crippen molar-refractivity contribution >= 4 is 33.5 Å². The van der Waals surface area contributed by atoms with E-state index in [1.807, 2.05) is 30.3 Å². The van der Waals surface area contributed by atoms with Crippen LogP contribution in [0.1, 0.15) is 0 Å². The summed E-state index contributed by atoms with van der Waals surface area (Å²) >= 11 is 6.05. The Bertz CT molecular complexity index is 670. The molecule has 3 rings (SSSR count). The van der Waals surface area contributed by atoms with E-state index in [9.17, 15) is 0 Å². The minimum atomic E-state index is 0.564. The van der Waals surface area contributed by atoms with Gasteiger partial charge in [-0.2, -0.15) is 0 Å². The summed E-state index contributed by atoms with van der Waals surface area (Å²) in [6.45, 7) is 0. The van der Waals surface area contributed by atoms with Gasteiger partial charge in [0.05, 0.1) is 12.1 Å². The summed E-state index contributed by atoms with van der Waals surface area (Å²) in [6, 6.07) is 11.6. The van der Waals surface area contributed by atoms with E-state index in [0.29, 0.717) is 10.8 Å². The van der Waals surface area contributed by atoms with Crippen LogP contribution in [0.15, 0.2) is 40.8 Å². The van der Waals surface area contributed by atoms with Crippen molar-refractivity contribution in [3.05, 3.63) is 41.4 Å². The molecule has 3 aromatic rings. The highest BCUT2D eigenvalue weighted by Gasteiger charge is 2.10. The van der Waals surface area contributed by atoms with Gasteiger partial charge < -0.3 is 9.15 Å². The molecule has 0 aliphatic heterocycles. The maximum Gasteiger partial charge on any atom is 0.138 e. The Morgan fingerprint density at radius 2 is 1.88 bits per heavy atom. The molecule has 0 spiro atoms. The molecule has 2 nitrogen and oxygen atoms in total. The average molecular weight is 233 g/mol. The molecule has 1 aromatic heterocycles. The van der Waals surface area contributed by atoms with Crippen LogP contribution >= 0.6 is 11.6 Å². The molecule has 0 saturated heterocycles. The summed E-state index contributed by atoms with van der Waals surface area (Å²) in [4.78, 5) is 0. The van der Waals surface area contributed by atoms with E-state index < -0.39 is 0 Å². The van der Waals surface area contributed by atoms with Gasteiger partial charge in [-0.05, 0) is 12.1 Å². The van der Waals surface area contributed by atoms with Crippen molar-refractivity contribution in [1.82, 2.24) is 0 Å². The van der Waals surface area contributed by atoms with E-state index in [0.717, 1.165) is 21.9 Å². The first-order valence-electron chi connectivity index (χ1n) is 4.94. The van der Waals surface area contributed by atoms with Crippen LogP contribution in [0.2, 0.25) is 5.02 Å². The Morgan fingerprint density at radius 1 is 1.06 bits per heavy atom. The Kier molecular flexibility index (Phi) is 2.04. The van der Waals surface area contributed by atoms with Gasteiger partial charge in [0.2, 0.25) is 0 Å². The lowest BCUT2D eigenvalue weighted by Gasteiger charge is -2.01. The third kappa shape index (κ3) is 1.27. The van der Waals surface area contributed by atoms with Gasteiger partial charge in [0.25, 0.3) is 0 Å². The van der Waals surface area contributed by atoms with Gasteiger partial charge in [-0.1, -0.05) is 29.8 Å². The molecule has 0 bridgehead atoms. The molecule has 16 heavy (non-hydrogen) atoms. The van der Waals surface area contributed by atoms with Crippen molar-refractivity contribution in [3.8, 4) is 5.75 Å². The zero-order valence-corrected chi connectivity index (χ0v) is 9.41. The van der Waals surface area contributed by atoms with Crippen molar-refractivity contribution in [1.29, 1.82) is 0 Å². The van der Waals surface area contributed by atoms with Crippen LogP contribution in [0.5, 0.6) is 5.75 Å². The van der Waals surface area contributed by atoms with Crippen LogP contribution in [0, 0.1) is 0 Å². The van der Waals surface area contributed by atoms with Gasteiger partial charge in [0.1, 0.15) is 16.9 Å². The first-order valence-corrected chi connectivity index (χ1v) is 5.32. The van der Waals surface area contributed by atoms with E-state index in [2.05, 4.69) is 0 Å². The Labute approximate surface area is 97.4 Å². The van der Waals surface area contributed by atoms with Crippen LogP contribution in [0.25, 0.3) is 21.9 Å². The predicted octanol–water partition coefficient (Wildman–Crippen LogP) is 4.25. The second kappa shape index (κ2) is 3.42. The smallest absolute Gasteiger partial charge is 0.138 e. The maximum atomic E-state index is 6.05. The highest BCUT2D eigenvalue weighted by Crippen LogP contribution is 2.35. The highest BCUT2D eigenvalue weighted by atomic mass is 35.5. The second-order valence-corrected chi connectivity index (χ2v) is 3.99. The van der Waals surface area contributed by atoms with Crippen LogP contribution in [-0.4, -0.2) is 7.11 Å². The molecular weight excluding hydrogens is 224 g/mol. The molecule has 1 heterocycles. The topological polar surface area (TPSA) is 22.4 Å². The summed E-state index contributed by atoms with van der Waals surface area (Å²) in [5.74, 6) is 0.667. The lowest BCUT2D eigenvalue weighted by atomic mass is 10.1. The minimum absolute atomic E-state index is 0.564. The number of furan rings is 1. The SMILES string of the molecule is COc1cc2c(cc1Cl)oc1ccccc12. The Hall–Kier alpha value is -1.67. The van der Waals surface area contributed by atoms with Gasteiger partial charge in [-0.25, -0.2) is 0 Å². The first-order chi connectivity index (χ1) is 7.79. The van der Waals surface area contributed by atoms with Crippen molar-refractivity contribution in [2.24, 2.45) is 0 Å². The van der Waals surface area contributed by atoms with Gasteiger partial charge in [-0.15, -0.1) is 0 Å². The summed E-state index contributed by atoms with van der Waals surface area (Å²) in [7, 11) is 1.61. The average Bonchev–Trinajstić information content (AvgIpc) is 2.65. The molecule has 3 heteroatoms. The summed E-state index contributed by atoms with van der Waals surface area (Å²) < 4.78 is 10.9. The summed E-state index contributed by atoms with van der Waals surface area (Å²) in [5, 5.41) is 2.67. The number of para-hydroxylation sites is 1. The summed E-state index contributed by atoms with van der Waals surface area (Å²) in [6.07, 6.45) is 0. The molecule has 0 N–H and O–H groups in total. The second-order valence-electron chi connectivity index (χ2n) is 3.58. The van der Waals surface area contributed by atoms with E-state index >= 15 is 0 Å². The maximum absolute atomic E-state index is 6.05. The third-order valence-corrected chi connectivity index (χ3v) is 2.95. The van der Waals surface area contributed by atoms with E-state index in [1.54, 1.807) is 13.2 Å². The number of rotatable bonds is 1. The molecule has 0 fully saturated rings. The normalized spacial score (nSPS) is 11.1. The number of hydrogen-bond acceptors (Lipinski definition) is 2. The van der Waals surface area contributed by atoms with Crippen molar-refractivity contribution in [3.63, 3.8) is 0 Å². The third-order valence-electron chi connectivity index (χ3n) is 2.65. The van der Waals surface area contributed by atoms with Crippen molar-refractivity contribution in [2.75, 3.05) is 7.11 Å². The molecule has 0 aliphatic carbocycles. The largest absolute Gasteiger partial charge is 0.495 e. The zero-order valence-electron chi connectivity index (χ0n) is 8.66. The number of hydrogen-bond donors (Lipinski definition) is 0. The fourth-order valence-corrected chi connectivity index (χ4v) is 2.11. The van der Waals surface area contributed by atoms with E-state index in [1.165, 1.54) is 0 Å². The lowest BCUT2D eigenvalue weighted by Crippen LogP contribution is -1.82. The quantitative estimate of drug-likeness (QED) is 0.626. The molecule has 0 saturated carbocycles. The molecule has 80 valence electrons. The molecule has 0 aliphatic rings. The number of benzene rings is 2. The number of ether oxygens (including phenoxy) is 1. The molecule has 0 atom stereocenters. The molecular formula is C13H9ClO2. The minimum Gasteiger partial charge on any atom is -0.495 e. The number of fused-ring (bicyclic) bond motifs is 3. The lowest BCUT2D eigenvalue weighted by molar-refractivity contribution is 0.415. The molecule has 0 amide bonds. The van der Waals surface area contributed by atoms with Gasteiger partial charge in [0, 0.05) is 16.8 Å². The Morgan fingerprint density at radius 3 is 2.69 bits per heavy atom. The monoisotopic (exact) mass is 232 g/mol. The van der Waals surface area contributed by atoms with Gasteiger partial charge in [-0.3, -0.25) is 0 Å². The molecule has 2 aromatic carbocycles. The van der Waals surface area contributed by atoms with Gasteiger partial charge >= 0.3 is 0 Å². The molecule has 0 unspecified atom stereocenters. The summed E-state index contributed by atoms with van der Waals surface area (Å²) in [5.41, 5.74) is 1.65. The molecule has 0 radical (unpaired) electrons. The van der Waals surface area contributed by atoms with E-state index in [-0.39, 0.29) is 0 Å². The highest BCUT2D eigenvalue weighted by molar-refractivity contribution is 6.33. The fourth-order valence-electron chi connectivity index (χ4n) is 1.88. The standard InChI is InChI=1S/C13H9ClO2/c1-15-13-6-9-8-4-2-3-5-11(8)16-12(9)7-10(13)14/h2-7H,1H3. The van der Waals surface area contributed by atoms with Crippen LogP contribution in [-0.2, 0) is 0 Å². The predicted molar refractivity (Wildman–Crippen MR) is 65.3 cm³/mol. The Balaban J connectivity index is 2.47. The van der Waals surface area contributed by atoms with Gasteiger partial charge in [0.15, 0.2) is 0 Å². The van der Waals surface area contributed by atoms with E-state index in [4.69, 9.17) is 20.8 Å². The van der Waals surface area contributed by atoms with Crippen molar-refractivity contribution in [2.45, 2.75) is 0 Å². The van der Waals surface area contributed by atoms with Crippen molar-refractivity contribution < 1.29 is 9.15 Å².